The van der Waals surface area contributed by atoms with Gasteiger partial charge in [-0.15, -0.1) is 0 Å². The molecule has 1 aliphatic rings. The molecule has 532 valence electrons. The second kappa shape index (κ2) is 55.1. The van der Waals surface area contributed by atoms with Crippen LogP contribution in [0.5, 0.6) is 5.75 Å². The highest BCUT2D eigenvalue weighted by Gasteiger charge is 2.22. The Balaban J connectivity index is -0.000000134. The largest absolute Gasteiger partial charge is 0.488 e. The molecule has 1 aromatic carbocycles. The maximum Gasteiger partial charge on any atom is 0.120 e. The summed E-state index contributed by atoms with van der Waals surface area (Å²) < 4.78 is 52.9. The van der Waals surface area contributed by atoms with E-state index in [0.29, 0.717) is 34.6 Å². The van der Waals surface area contributed by atoms with E-state index < -0.39 is 0 Å². The smallest absolute Gasteiger partial charge is 0.120 e. The molecule has 0 heterocycles. The predicted octanol–water partition coefficient (Wildman–Crippen LogP) is 23.5. The van der Waals surface area contributed by atoms with Gasteiger partial charge in [-0.2, -0.15) is 0 Å². The van der Waals surface area contributed by atoms with Crippen LogP contribution < -0.4 is 4.74 Å². The highest BCUT2D eigenvalue weighted by atomic mass is 16.5. The lowest BCUT2D eigenvalue weighted by atomic mass is 9.90. The van der Waals surface area contributed by atoms with Gasteiger partial charge < -0.3 is 47.4 Å². The molecule has 0 radical (unpaired) electrons. The molecular weight excluding hydrogens is 1080 g/mol. The minimum Gasteiger partial charge on any atom is -0.488 e. The summed E-state index contributed by atoms with van der Waals surface area (Å²) in [5, 5.41) is 0. The van der Waals surface area contributed by atoms with Crippen LogP contribution >= 0.6 is 0 Å². The molecule has 1 fully saturated rings. The van der Waals surface area contributed by atoms with E-state index in [2.05, 4.69) is 187 Å². The first-order valence-electron chi connectivity index (χ1n) is 33.9. The zero-order valence-electron chi connectivity index (χ0n) is 66.9. The molecule has 0 aliphatic heterocycles. The lowest BCUT2D eigenvalue weighted by molar-refractivity contribution is -0.0558. The molecule has 0 amide bonds. The Morgan fingerprint density at radius 1 is 0.437 bits per heavy atom. The van der Waals surface area contributed by atoms with E-state index in [-0.39, 0.29) is 39.0 Å². The lowest BCUT2D eigenvalue weighted by Gasteiger charge is -2.25. The zero-order chi connectivity index (χ0) is 70.6. The van der Waals surface area contributed by atoms with Gasteiger partial charge in [0.25, 0.3) is 0 Å². The van der Waals surface area contributed by atoms with E-state index in [0.717, 1.165) is 45.4 Å². The molecule has 2 rings (SSSR count). The quantitative estimate of drug-likeness (QED) is 0.132. The topological polar surface area (TPSA) is 92.3 Å². The Bertz CT molecular complexity index is 1460. The summed E-state index contributed by atoms with van der Waals surface area (Å²) in [5.74, 6) is 0.931. The summed E-state index contributed by atoms with van der Waals surface area (Å²) in [5.41, 5.74) is 1.69. The van der Waals surface area contributed by atoms with Crippen LogP contribution in [-0.4, -0.2) is 120 Å². The summed E-state index contributed by atoms with van der Waals surface area (Å²) in [6.07, 6.45) is 16.3. The van der Waals surface area contributed by atoms with Crippen molar-refractivity contribution < 1.29 is 47.4 Å². The third-order valence-corrected chi connectivity index (χ3v) is 11.1. The first-order chi connectivity index (χ1) is 38.9. The fourth-order valence-corrected chi connectivity index (χ4v) is 6.60. The van der Waals surface area contributed by atoms with Crippen molar-refractivity contribution >= 4 is 0 Å². The van der Waals surface area contributed by atoms with Gasteiger partial charge >= 0.3 is 0 Å². The van der Waals surface area contributed by atoms with Gasteiger partial charge in [0.2, 0.25) is 0 Å². The lowest BCUT2D eigenvalue weighted by Crippen LogP contribution is -2.25. The number of hydrogen-bond donors (Lipinski definition) is 0. The van der Waals surface area contributed by atoms with Crippen LogP contribution in [0.2, 0.25) is 0 Å². The number of unbranched alkanes of at least 4 members (excludes halogenated alkanes) is 2. The maximum absolute atomic E-state index is 5.80. The summed E-state index contributed by atoms with van der Waals surface area (Å²) in [6, 6.07) is 9.86. The summed E-state index contributed by atoms with van der Waals surface area (Å²) in [6.45, 7) is 81.6. The molecule has 0 N–H and O–H groups in total. The van der Waals surface area contributed by atoms with Crippen LogP contribution in [0.25, 0.3) is 0 Å². The summed E-state index contributed by atoms with van der Waals surface area (Å²) >= 11 is 0. The van der Waals surface area contributed by atoms with Gasteiger partial charge in [-0.05, 0) is 237 Å². The second-order valence-corrected chi connectivity index (χ2v) is 33.6. The summed E-state index contributed by atoms with van der Waals surface area (Å²) in [7, 11) is 6.93. The fraction of sp³-hybridized carbons (Fsp3) is 0.922. The first kappa shape index (κ1) is 102. The van der Waals surface area contributed by atoms with E-state index in [1.54, 1.807) is 28.4 Å². The van der Waals surface area contributed by atoms with Crippen LogP contribution in [0.15, 0.2) is 30.3 Å². The van der Waals surface area contributed by atoms with Gasteiger partial charge in [-0.25, -0.2) is 0 Å². The molecule has 0 aromatic heterocycles. The average Bonchev–Trinajstić information content (AvgIpc) is 3.81. The minimum atomic E-state index is -0.0959. The SMILES string of the molecule is CC(C)(C)OC1CCCC1.CC(C)(C)Oc1ccccc1.CC(C)OC(C)(C)C.CCCCOC(C)(C)C.CCCCOCCCC(C)(C)C.CCOC(C)(C)C.COC(C)(C)C.COC(C)C(C)(C)C.COCC(C)(C)C.COCCCC(C)(C)C. The molecule has 1 aliphatic carbocycles. The highest BCUT2D eigenvalue weighted by molar-refractivity contribution is 5.21. The van der Waals surface area contributed by atoms with E-state index in [1.165, 1.54) is 77.0 Å². The number of ether oxygens (including phenoxy) is 10. The van der Waals surface area contributed by atoms with E-state index >= 15 is 0 Å². The van der Waals surface area contributed by atoms with E-state index in [4.69, 9.17) is 47.4 Å². The molecule has 1 saturated carbocycles. The highest BCUT2D eigenvalue weighted by Crippen LogP contribution is 2.26. The Hall–Kier alpha value is -1.34. The normalized spacial score (nSPS) is 13.5. The van der Waals surface area contributed by atoms with E-state index in [1.807, 2.05) is 92.6 Å². The fourth-order valence-electron chi connectivity index (χ4n) is 6.60. The van der Waals surface area contributed by atoms with Crippen LogP contribution in [0, 0.1) is 21.7 Å². The molecule has 0 spiro atoms. The van der Waals surface area contributed by atoms with Gasteiger partial charge in [-0.1, -0.05) is 141 Å². The van der Waals surface area contributed by atoms with Crippen molar-refractivity contribution in [1.29, 1.82) is 0 Å². The number of para-hydroxylation sites is 1. The van der Waals surface area contributed by atoms with Crippen LogP contribution in [-0.2, 0) is 42.6 Å². The summed E-state index contributed by atoms with van der Waals surface area (Å²) in [4.78, 5) is 0. The number of rotatable bonds is 18. The van der Waals surface area contributed by atoms with Gasteiger partial charge in [0.15, 0.2) is 0 Å². The molecule has 1 unspecified atom stereocenters. The number of benzene rings is 1. The van der Waals surface area contributed by atoms with Crippen LogP contribution in [0.4, 0.5) is 0 Å². The third kappa shape index (κ3) is 123. The molecule has 1 atom stereocenters. The Kier molecular flexibility index (Phi) is 64.5. The van der Waals surface area contributed by atoms with Crippen molar-refractivity contribution in [3.63, 3.8) is 0 Å². The van der Waals surface area contributed by atoms with Crippen molar-refractivity contribution in [2.75, 3.05) is 68.1 Å². The molecule has 10 nitrogen and oxygen atoms in total. The number of methoxy groups -OCH3 is 4. The maximum atomic E-state index is 5.80. The first-order valence-corrected chi connectivity index (χ1v) is 33.9. The van der Waals surface area contributed by atoms with Gasteiger partial charge in [-0.3, -0.25) is 0 Å². The number of hydrogen-bond acceptors (Lipinski definition) is 10. The monoisotopic (exact) mass is 1250 g/mol. The molecule has 87 heavy (non-hydrogen) atoms. The van der Waals surface area contributed by atoms with Gasteiger partial charge in [0.1, 0.15) is 11.4 Å². The molecular formula is C77H164O10. The van der Waals surface area contributed by atoms with Crippen molar-refractivity contribution in [1.82, 2.24) is 0 Å². The third-order valence-electron chi connectivity index (χ3n) is 11.1. The Morgan fingerprint density at radius 2 is 0.839 bits per heavy atom. The standard InChI is InChI=1S/C11H24O.C10H14O.C9H18O.2C8H18O.2C7H16O.2C6H14O.C5H12O/c1-5-6-9-12-10-7-8-11(2,3)4;1-10(2,3)11-9-7-5-4-6-8-9;1-9(2,3)10-8-6-4-5-7-8;1-8(2,3)6-5-7-9-4;1-5-6-7-9-8(2,3)4;1-6(8-5)7(2,3)4;1-6(2)8-7(3,4)5;1-6(2,3)5-7-4;1-5-7-6(2,3)4;1-5(2,3)6-4/h5-10H2,1-4H3;4-8H,1-3H3;8H,4-7H2,1-3H3;2*5-7H2,1-4H3;2*6H,1-5H3;2*5H2,1-4H3;1-4H3. The van der Waals surface area contributed by atoms with Crippen molar-refractivity contribution in [3.05, 3.63) is 30.3 Å². The second-order valence-electron chi connectivity index (χ2n) is 33.6. The van der Waals surface area contributed by atoms with Crippen LogP contribution in [0.1, 0.15) is 326 Å². The van der Waals surface area contributed by atoms with Crippen molar-refractivity contribution in [2.45, 2.75) is 378 Å². The zero-order valence-corrected chi connectivity index (χ0v) is 66.9. The minimum absolute atomic E-state index is 0.0220. The molecule has 0 bridgehead atoms. The van der Waals surface area contributed by atoms with Crippen molar-refractivity contribution in [2.24, 2.45) is 21.7 Å². The van der Waals surface area contributed by atoms with E-state index in [9.17, 15) is 0 Å². The predicted molar refractivity (Wildman–Crippen MR) is 387 cm³/mol. The van der Waals surface area contributed by atoms with Crippen LogP contribution in [0.3, 0.4) is 0 Å². The van der Waals surface area contributed by atoms with Gasteiger partial charge in [0.05, 0.1) is 52.9 Å². The Morgan fingerprint density at radius 3 is 1.07 bits per heavy atom. The van der Waals surface area contributed by atoms with Gasteiger partial charge in [0, 0.05) is 61.5 Å². The van der Waals surface area contributed by atoms with Crippen molar-refractivity contribution in [3.8, 4) is 5.75 Å². The Labute approximate surface area is 549 Å². The molecule has 0 saturated heterocycles. The molecule has 10 heteroatoms. The molecule has 1 aromatic rings. The average molecular weight is 1250 g/mol.